The summed E-state index contributed by atoms with van der Waals surface area (Å²) in [7, 11) is -9.89. The molecule has 0 saturated heterocycles. The molecule has 93 heavy (non-hydrogen) atoms. The van der Waals surface area contributed by atoms with Gasteiger partial charge in [0.1, 0.15) is 19.3 Å². The third-order valence-corrected chi connectivity index (χ3v) is 19.2. The van der Waals surface area contributed by atoms with Crippen molar-refractivity contribution in [3.8, 4) is 0 Å². The Bertz CT molecular complexity index is 1790. The average molecular weight is 1370 g/mol. The molecule has 0 aliphatic rings. The van der Waals surface area contributed by atoms with Crippen LogP contribution in [0.2, 0.25) is 0 Å². The molecule has 0 aromatic rings. The predicted octanol–water partition coefficient (Wildman–Crippen LogP) is 21.7. The van der Waals surface area contributed by atoms with Crippen molar-refractivity contribution in [2.75, 3.05) is 39.6 Å². The molecule has 0 saturated carbocycles. The van der Waals surface area contributed by atoms with E-state index in [9.17, 15) is 43.2 Å². The molecule has 0 aromatic carbocycles. The lowest BCUT2D eigenvalue weighted by Gasteiger charge is -2.21. The number of rotatable bonds is 74. The molecule has 0 spiro atoms. The van der Waals surface area contributed by atoms with Crippen LogP contribution in [0.25, 0.3) is 0 Å². The first kappa shape index (κ1) is 91.1. The largest absolute Gasteiger partial charge is 0.472 e. The number of esters is 4. The monoisotopic (exact) mass is 1370 g/mol. The topological polar surface area (TPSA) is 237 Å². The highest BCUT2D eigenvalue weighted by atomic mass is 31.2. The van der Waals surface area contributed by atoms with Gasteiger partial charge in [0.15, 0.2) is 12.2 Å². The molecule has 19 heteroatoms. The molecule has 0 aromatic heterocycles. The van der Waals surface area contributed by atoms with Crippen LogP contribution in [-0.4, -0.2) is 96.7 Å². The summed E-state index contributed by atoms with van der Waals surface area (Å²) in [6, 6.07) is 0. The number of hydrogen-bond acceptors (Lipinski definition) is 15. The van der Waals surface area contributed by atoms with Gasteiger partial charge < -0.3 is 33.8 Å². The van der Waals surface area contributed by atoms with Crippen molar-refractivity contribution in [2.45, 2.75) is 406 Å². The van der Waals surface area contributed by atoms with E-state index in [0.717, 1.165) is 102 Å². The molecule has 3 N–H and O–H groups in total. The van der Waals surface area contributed by atoms with Crippen LogP contribution in [0.15, 0.2) is 0 Å². The lowest BCUT2D eigenvalue weighted by atomic mass is 10.0. The Labute approximate surface area is 568 Å². The van der Waals surface area contributed by atoms with Crippen molar-refractivity contribution < 1.29 is 80.2 Å². The summed E-state index contributed by atoms with van der Waals surface area (Å²) >= 11 is 0. The Kier molecular flexibility index (Phi) is 65.9. The van der Waals surface area contributed by atoms with Crippen molar-refractivity contribution in [1.82, 2.24) is 0 Å². The smallest absolute Gasteiger partial charge is 0.462 e. The first-order valence-corrected chi connectivity index (χ1v) is 41.6. The molecule has 2 unspecified atom stereocenters. The third kappa shape index (κ3) is 68.4. The van der Waals surface area contributed by atoms with Gasteiger partial charge in [-0.25, -0.2) is 9.13 Å². The fourth-order valence-electron chi connectivity index (χ4n) is 11.4. The molecule has 0 heterocycles. The Morgan fingerprint density at radius 1 is 0.290 bits per heavy atom. The molecule has 0 fully saturated rings. The number of hydrogen-bond donors (Lipinski definition) is 3. The summed E-state index contributed by atoms with van der Waals surface area (Å²) in [6.07, 6.45) is 55.9. The molecule has 0 amide bonds. The van der Waals surface area contributed by atoms with Crippen LogP contribution in [0, 0.1) is 5.92 Å². The van der Waals surface area contributed by atoms with Crippen LogP contribution in [-0.2, 0) is 65.4 Å². The minimum atomic E-state index is -4.95. The van der Waals surface area contributed by atoms with Crippen molar-refractivity contribution >= 4 is 39.5 Å². The Balaban J connectivity index is 5.12. The fraction of sp³-hybridized carbons (Fsp3) is 0.946. The van der Waals surface area contributed by atoms with Gasteiger partial charge in [-0.2, -0.15) is 0 Å². The highest BCUT2D eigenvalue weighted by molar-refractivity contribution is 7.47. The fourth-order valence-corrected chi connectivity index (χ4v) is 12.9. The normalized spacial score (nSPS) is 14.0. The second kappa shape index (κ2) is 67.3. The van der Waals surface area contributed by atoms with Crippen LogP contribution < -0.4 is 0 Å². The lowest BCUT2D eigenvalue weighted by molar-refractivity contribution is -0.161. The molecule has 5 atom stereocenters. The van der Waals surface area contributed by atoms with E-state index in [-0.39, 0.29) is 25.7 Å². The number of aliphatic hydroxyl groups excluding tert-OH is 1. The summed E-state index contributed by atoms with van der Waals surface area (Å²) in [5, 5.41) is 10.6. The number of carbonyl (C=O) groups is 4. The van der Waals surface area contributed by atoms with E-state index >= 15 is 0 Å². The minimum absolute atomic E-state index is 0.106. The quantitative estimate of drug-likeness (QED) is 0.0222. The van der Waals surface area contributed by atoms with Gasteiger partial charge in [0.2, 0.25) is 0 Å². The minimum Gasteiger partial charge on any atom is -0.462 e. The second-order valence-corrected chi connectivity index (χ2v) is 30.1. The molecule has 0 rings (SSSR count). The van der Waals surface area contributed by atoms with Gasteiger partial charge in [-0.1, -0.05) is 336 Å². The number of aliphatic hydroxyl groups is 1. The van der Waals surface area contributed by atoms with E-state index in [1.54, 1.807) is 0 Å². The van der Waals surface area contributed by atoms with Gasteiger partial charge >= 0.3 is 39.5 Å². The van der Waals surface area contributed by atoms with Gasteiger partial charge in [-0.15, -0.1) is 0 Å². The molecule has 0 aliphatic heterocycles. The van der Waals surface area contributed by atoms with Gasteiger partial charge in [-0.05, 0) is 31.6 Å². The SMILES string of the molecule is CCCCCCCCCCCCCCCCCCC(=O)OC[C@H](COP(=O)(O)OC[C@@H](O)COP(=O)(O)OC[C@@H](COC(=O)CCCCCCC)OC(=O)CCCCCCCCCCCCC)OC(=O)CCCCCCCCCCCCCCCCCCCCC(C)C. The highest BCUT2D eigenvalue weighted by Crippen LogP contribution is 2.45. The predicted molar refractivity (Wildman–Crippen MR) is 377 cm³/mol. The number of ether oxygens (including phenoxy) is 4. The summed E-state index contributed by atoms with van der Waals surface area (Å²) in [5.41, 5.74) is 0. The van der Waals surface area contributed by atoms with Crippen molar-refractivity contribution in [3.05, 3.63) is 0 Å². The highest BCUT2D eigenvalue weighted by Gasteiger charge is 2.30. The first-order valence-electron chi connectivity index (χ1n) is 38.6. The van der Waals surface area contributed by atoms with Gasteiger partial charge in [0.05, 0.1) is 26.4 Å². The average Bonchev–Trinajstić information content (AvgIpc) is 1.87. The molecule has 17 nitrogen and oxygen atoms in total. The number of carbonyl (C=O) groups excluding carboxylic acids is 4. The van der Waals surface area contributed by atoms with Crippen LogP contribution in [0.4, 0.5) is 0 Å². The van der Waals surface area contributed by atoms with Crippen LogP contribution in [0.5, 0.6) is 0 Å². The van der Waals surface area contributed by atoms with E-state index in [0.29, 0.717) is 25.7 Å². The number of phosphoric acid groups is 2. The molecular formula is C74H144O17P2. The standard InChI is InChI=1S/C74H144O17P2/c1-6-9-12-15-17-19-21-22-23-29-32-36-39-43-48-53-58-72(77)85-64-70(91-74(79)60-55-50-45-41-37-33-30-27-25-24-26-28-31-35-38-42-47-51-56-67(4)5)66-89-93(82,83)87-62-68(75)61-86-92(80,81)88-65-69(63-84-71(76)57-52-46-14-11-8-3)90-73(78)59-54-49-44-40-34-20-18-16-13-10-7-2/h67-70,75H,6-66H2,1-5H3,(H,80,81)(H,82,83)/t68-,69+,70+/m0/s1. The van der Waals surface area contributed by atoms with Crippen LogP contribution >= 0.6 is 15.6 Å². The maximum Gasteiger partial charge on any atom is 0.472 e. The van der Waals surface area contributed by atoms with Gasteiger partial charge in [-0.3, -0.25) is 37.3 Å². The molecule has 0 aliphatic carbocycles. The van der Waals surface area contributed by atoms with E-state index in [1.165, 1.54) is 205 Å². The summed E-state index contributed by atoms with van der Waals surface area (Å²) in [4.78, 5) is 72.4. The summed E-state index contributed by atoms with van der Waals surface area (Å²) in [5.74, 6) is -1.31. The van der Waals surface area contributed by atoms with Gasteiger partial charge in [0.25, 0.3) is 0 Å². The number of unbranched alkanes of at least 4 members (excludes halogenated alkanes) is 46. The lowest BCUT2D eigenvalue weighted by Crippen LogP contribution is -2.30. The zero-order chi connectivity index (χ0) is 68.4. The summed E-state index contributed by atoms with van der Waals surface area (Å²) in [6.45, 7) is 7.22. The van der Waals surface area contributed by atoms with Crippen molar-refractivity contribution in [1.29, 1.82) is 0 Å². The van der Waals surface area contributed by atoms with Crippen molar-refractivity contribution in [3.63, 3.8) is 0 Å². The third-order valence-electron chi connectivity index (χ3n) is 17.3. The van der Waals surface area contributed by atoms with E-state index in [4.69, 9.17) is 37.0 Å². The van der Waals surface area contributed by atoms with Gasteiger partial charge in [0, 0.05) is 25.7 Å². The molecular weight excluding hydrogens is 1220 g/mol. The molecule has 0 bridgehead atoms. The maximum atomic E-state index is 13.1. The Morgan fingerprint density at radius 2 is 0.495 bits per heavy atom. The Morgan fingerprint density at radius 3 is 0.731 bits per heavy atom. The summed E-state index contributed by atoms with van der Waals surface area (Å²) < 4.78 is 68.2. The molecule has 552 valence electrons. The van der Waals surface area contributed by atoms with Crippen LogP contribution in [0.1, 0.15) is 388 Å². The molecule has 0 radical (unpaired) electrons. The zero-order valence-corrected chi connectivity index (χ0v) is 62.2. The Hall–Kier alpha value is -1.94. The van der Waals surface area contributed by atoms with Crippen molar-refractivity contribution in [2.24, 2.45) is 5.92 Å². The van der Waals surface area contributed by atoms with E-state index in [2.05, 4.69) is 34.6 Å². The van der Waals surface area contributed by atoms with E-state index < -0.39 is 97.5 Å². The first-order chi connectivity index (χ1) is 45.0. The van der Waals surface area contributed by atoms with E-state index in [1.807, 2.05) is 0 Å². The second-order valence-electron chi connectivity index (χ2n) is 27.2. The maximum absolute atomic E-state index is 13.1. The number of phosphoric ester groups is 2. The van der Waals surface area contributed by atoms with Crippen LogP contribution in [0.3, 0.4) is 0 Å². The zero-order valence-electron chi connectivity index (χ0n) is 60.4.